The number of nitrogens with zero attached hydrogens (tertiary/aromatic N) is 3. The number of nitrogens with one attached hydrogen (secondary N) is 1. The van der Waals surface area contributed by atoms with Crippen molar-refractivity contribution in [2.45, 2.75) is 40.8 Å². The number of rotatable bonds is 5. The van der Waals surface area contributed by atoms with Gasteiger partial charge in [-0.25, -0.2) is 4.98 Å². The van der Waals surface area contributed by atoms with Gasteiger partial charge in [0.2, 0.25) is 5.88 Å². The van der Waals surface area contributed by atoms with Crippen LogP contribution in [0.5, 0.6) is 5.88 Å². The first kappa shape index (κ1) is 14.4. The second-order valence-corrected chi connectivity index (χ2v) is 4.81. The zero-order chi connectivity index (χ0) is 14.7. The molecule has 2 aromatic rings. The number of aromatic nitrogens is 3. The molecule has 0 aromatic carbocycles. The quantitative estimate of drug-likeness (QED) is 0.911. The second kappa shape index (κ2) is 5.94. The Labute approximate surface area is 120 Å². The third kappa shape index (κ3) is 2.76. The van der Waals surface area contributed by atoms with Crippen LogP contribution in [-0.2, 0) is 13.1 Å². The molecule has 0 saturated carbocycles. The molecule has 0 aliphatic heterocycles. The summed E-state index contributed by atoms with van der Waals surface area (Å²) in [5.41, 5.74) is 5.51. The van der Waals surface area contributed by atoms with E-state index in [2.05, 4.69) is 36.2 Å². The minimum absolute atomic E-state index is 0.638. The van der Waals surface area contributed by atoms with E-state index in [1.807, 2.05) is 23.7 Å². The minimum Gasteiger partial charge on any atom is -0.481 e. The lowest BCUT2D eigenvalue weighted by Crippen LogP contribution is -2.05. The van der Waals surface area contributed by atoms with Crippen molar-refractivity contribution >= 4 is 5.69 Å². The number of hydrogen-bond donors (Lipinski definition) is 1. The zero-order valence-electron chi connectivity index (χ0n) is 12.8. The van der Waals surface area contributed by atoms with Crippen LogP contribution in [0.25, 0.3) is 0 Å². The summed E-state index contributed by atoms with van der Waals surface area (Å²) < 4.78 is 7.15. The first-order valence-electron chi connectivity index (χ1n) is 6.85. The molecular formula is C15H22N4O. The Balaban J connectivity index is 2.15. The molecule has 0 spiro atoms. The van der Waals surface area contributed by atoms with Gasteiger partial charge in [-0.1, -0.05) is 0 Å². The van der Waals surface area contributed by atoms with E-state index in [1.54, 1.807) is 7.11 Å². The smallest absolute Gasteiger partial charge is 0.213 e. The Kier molecular flexibility index (Phi) is 4.27. The van der Waals surface area contributed by atoms with Gasteiger partial charge in [0.15, 0.2) is 0 Å². The molecule has 0 atom stereocenters. The molecule has 0 fully saturated rings. The summed E-state index contributed by atoms with van der Waals surface area (Å²) >= 11 is 0. The normalized spacial score (nSPS) is 10.7. The Morgan fingerprint density at radius 1 is 1.20 bits per heavy atom. The third-order valence-corrected chi connectivity index (χ3v) is 3.56. The van der Waals surface area contributed by atoms with E-state index in [0.29, 0.717) is 5.88 Å². The van der Waals surface area contributed by atoms with Gasteiger partial charge >= 0.3 is 0 Å². The van der Waals surface area contributed by atoms with Crippen LogP contribution in [0.2, 0.25) is 0 Å². The van der Waals surface area contributed by atoms with Crippen LogP contribution in [0.1, 0.15) is 29.6 Å². The van der Waals surface area contributed by atoms with Gasteiger partial charge in [0, 0.05) is 30.4 Å². The van der Waals surface area contributed by atoms with E-state index in [1.165, 1.54) is 11.3 Å². The number of hydrogen-bond acceptors (Lipinski definition) is 4. The Morgan fingerprint density at radius 3 is 2.50 bits per heavy atom. The summed E-state index contributed by atoms with van der Waals surface area (Å²) in [6, 6.07) is 3.86. The fourth-order valence-electron chi connectivity index (χ4n) is 2.32. The van der Waals surface area contributed by atoms with E-state index in [-0.39, 0.29) is 0 Å². The fourth-order valence-corrected chi connectivity index (χ4v) is 2.32. The van der Waals surface area contributed by atoms with Crippen molar-refractivity contribution in [2.75, 3.05) is 12.4 Å². The van der Waals surface area contributed by atoms with Gasteiger partial charge in [-0.2, -0.15) is 5.10 Å². The zero-order valence-corrected chi connectivity index (χ0v) is 12.8. The molecule has 2 heterocycles. The van der Waals surface area contributed by atoms with Crippen molar-refractivity contribution in [1.82, 2.24) is 14.8 Å². The second-order valence-electron chi connectivity index (χ2n) is 4.81. The molecule has 2 aromatic heterocycles. The summed E-state index contributed by atoms with van der Waals surface area (Å²) in [5, 5.41) is 7.96. The predicted octanol–water partition coefficient (Wildman–Crippen LogP) is 2.84. The van der Waals surface area contributed by atoms with Crippen molar-refractivity contribution in [3.63, 3.8) is 0 Å². The first-order chi connectivity index (χ1) is 9.56. The van der Waals surface area contributed by atoms with Crippen molar-refractivity contribution in [3.8, 4) is 5.88 Å². The highest BCUT2D eigenvalue weighted by atomic mass is 16.5. The van der Waals surface area contributed by atoms with Crippen LogP contribution in [0, 0.1) is 20.8 Å². The minimum atomic E-state index is 0.638. The average Bonchev–Trinajstić information content (AvgIpc) is 2.72. The van der Waals surface area contributed by atoms with E-state index < -0.39 is 0 Å². The maximum absolute atomic E-state index is 5.12. The summed E-state index contributed by atoms with van der Waals surface area (Å²) in [4.78, 5) is 4.36. The van der Waals surface area contributed by atoms with Gasteiger partial charge in [0.05, 0.1) is 24.2 Å². The van der Waals surface area contributed by atoms with Crippen molar-refractivity contribution in [1.29, 1.82) is 0 Å². The number of methoxy groups -OCH3 is 1. The maximum atomic E-state index is 5.12. The number of pyridine rings is 1. The lowest BCUT2D eigenvalue weighted by atomic mass is 10.2. The molecule has 0 amide bonds. The Hall–Kier alpha value is -2.04. The molecule has 0 radical (unpaired) electrons. The van der Waals surface area contributed by atoms with E-state index >= 15 is 0 Å². The van der Waals surface area contributed by atoms with Crippen LogP contribution in [-0.4, -0.2) is 21.9 Å². The molecule has 0 unspecified atom stereocenters. The summed E-state index contributed by atoms with van der Waals surface area (Å²) in [6.45, 7) is 9.89. The molecule has 0 saturated heterocycles. The molecule has 5 heteroatoms. The first-order valence-corrected chi connectivity index (χ1v) is 6.85. The standard InChI is InChI=1S/C15H22N4O/c1-6-19-12(4)13(10(2)18-19)9-16-14-7-8-15(20-5)17-11(14)3/h7-8,16H,6,9H2,1-5H3. The summed E-state index contributed by atoms with van der Waals surface area (Å²) in [7, 11) is 1.63. The number of anilines is 1. The molecular weight excluding hydrogens is 252 g/mol. The van der Waals surface area contributed by atoms with Gasteiger partial charge < -0.3 is 10.1 Å². The van der Waals surface area contributed by atoms with Crippen LogP contribution >= 0.6 is 0 Å². The summed E-state index contributed by atoms with van der Waals surface area (Å²) in [5.74, 6) is 0.638. The van der Waals surface area contributed by atoms with Crippen molar-refractivity contribution < 1.29 is 4.74 Å². The van der Waals surface area contributed by atoms with Gasteiger partial charge in [0.1, 0.15) is 0 Å². The molecule has 5 nitrogen and oxygen atoms in total. The van der Waals surface area contributed by atoms with Gasteiger partial charge in [0.25, 0.3) is 0 Å². The van der Waals surface area contributed by atoms with E-state index in [0.717, 1.165) is 30.2 Å². The van der Waals surface area contributed by atoms with Crippen LogP contribution in [0.3, 0.4) is 0 Å². The van der Waals surface area contributed by atoms with Gasteiger partial charge in [-0.05, 0) is 33.8 Å². The highest BCUT2D eigenvalue weighted by Crippen LogP contribution is 2.19. The summed E-state index contributed by atoms with van der Waals surface area (Å²) in [6.07, 6.45) is 0. The van der Waals surface area contributed by atoms with Crippen molar-refractivity contribution in [2.24, 2.45) is 0 Å². The SMILES string of the molecule is CCn1nc(C)c(CNc2ccc(OC)nc2C)c1C. The topological polar surface area (TPSA) is 52.0 Å². The molecule has 20 heavy (non-hydrogen) atoms. The van der Waals surface area contributed by atoms with Gasteiger partial charge in [-0.3, -0.25) is 4.68 Å². The molecule has 0 aliphatic rings. The highest BCUT2D eigenvalue weighted by Gasteiger charge is 2.11. The van der Waals surface area contributed by atoms with Crippen LogP contribution in [0.15, 0.2) is 12.1 Å². The highest BCUT2D eigenvalue weighted by molar-refractivity contribution is 5.49. The lowest BCUT2D eigenvalue weighted by molar-refractivity contribution is 0.397. The molecule has 1 N–H and O–H groups in total. The van der Waals surface area contributed by atoms with Crippen LogP contribution < -0.4 is 10.1 Å². The van der Waals surface area contributed by atoms with Crippen molar-refractivity contribution in [3.05, 3.63) is 34.8 Å². The maximum Gasteiger partial charge on any atom is 0.213 e. The number of aryl methyl sites for hydroxylation is 3. The average molecular weight is 274 g/mol. The van der Waals surface area contributed by atoms with Crippen LogP contribution in [0.4, 0.5) is 5.69 Å². The van der Waals surface area contributed by atoms with E-state index in [4.69, 9.17) is 4.74 Å². The molecule has 0 bridgehead atoms. The van der Waals surface area contributed by atoms with E-state index in [9.17, 15) is 0 Å². The largest absolute Gasteiger partial charge is 0.481 e. The molecule has 108 valence electrons. The lowest BCUT2D eigenvalue weighted by Gasteiger charge is -2.10. The Morgan fingerprint density at radius 2 is 1.95 bits per heavy atom. The third-order valence-electron chi connectivity index (χ3n) is 3.56. The monoisotopic (exact) mass is 274 g/mol. The van der Waals surface area contributed by atoms with Gasteiger partial charge in [-0.15, -0.1) is 0 Å². The molecule has 2 rings (SSSR count). The fraction of sp³-hybridized carbons (Fsp3) is 0.467. The predicted molar refractivity (Wildman–Crippen MR) is 80.2 cm³/mol. The molecule has 0 aliphatic carbocycles. The number of ether oxygens (including phenoxy) is 1. The Bertz CT molecular complexity index is 604.